The fraction of sp³-hybridized carbons (Fsp3) is 0.105. The number of halogens is 2. The fourth-order valence-corrected chi connectivity index (χ4v) is 2.23. The number of benzene rings is 2. The normalized spacial score (nSPS) is 10.3. The van der Waals surface area contributed by atoms with E-state index in [0.29, 0.717) is 18.0 Å². The van der Waals surface area contributed by atoms with Gasteiger partial charge in [0.1, 0.15) is 17.4 Å². The standard InChI is InChI=1S/C19H16F2N4O2/c1-2-27-15-6-4-14(5-7-15)24-18(26)12-10-22-19(23-11-12)25-17-8-3-13(20)9-16(17)21/h3-11H,2H2,1H3,(H,24,26)(H,22,23,25). The highest BCUT2D eigenvalue weighted by Crippen LogP contribution is 2.19. The molecule has 1 heterocycles. The Morgan fingerprint density at radius 1 is 1.07 bits per heavy atom. The van der Waals surface area contributed by atoms with Crippen LogP contribution >= 0.6 is 0 Å². The van der Waals surface area contributed by atoms with Crippen molar-refractivity contribution in [2.75, 3.05) is 17.2 Å². The molecule has 0 unspecified atom stereocenters. The van der Waals surface area contributed by atoms with Gasteiger partial charge in [0, 0.05) is 24.1 Å². The van der Waals surface area contributed by atoms with E-state index in [1.165, 1.54) is 18.5 Å². The molecule has 0 fully saturated rings. The number of hydrogen-bond acceptors (Lipinski definition) is 5. The van der Waals surface area contributed by atoms with Gasteiger partial charge in [-0.05, 0) is 43.3 Å². The highest BCUT2D eigenvalue weighted by atomic mass is 19.1. The third-order valence-corrected chi connectivity index (χ3v) is 3.51. The van der Waals surface area contributed by atoms with Crippen LogP contribution in [0, 0.1) is 11.6 Å². The number of rotatable bonds is 6. The largest absolute Gasteiger partial charge is 0.494 e. The minimum atomic E-state index is -0.768. The lowest BCUT2D eigenvalue weighted by Gasteiger charge is -2.08. The molecule has 27 heavy (non-hydrogen) atoms. The maximum Gasteiger partial charge on any atom is 0.258 e. The molecule has 0 saturated carbocycles. The van der Waals surface area contributed by atoms with Crippen LogP contribution in [-0.2, 0) is 0 Å². The third-order valence-electron chi connectivity index (χ3n) is 3.51. The summed E-state index contributed by atoms with van der Waals surface area (Å²) < 4.78 is 31.9. The molecular weight excluding hydrogens is 354 g/mol. The Bertz CT molecular complexity index is 931. The van der Waals surface area contributed by atoms with E-state index in [2.05, 4.69) is 20.6 Å². The summed E-state index contributed by atoms with van der Waals surface area (Å²) in [5.41, 5.74) is 0.857. The van der Waals surface area contributed by atoms with Gasteiger partial charge in [-0.3, -0.25) is 4.79 Å². The number of nitrogens with zero attached hydrogens (tertiary/aromatic N) is 2. The molecule has 3 aromatic rings. The first-order valence-electron chi connectivity index (χ1n) is 8.13. The zero-order chi connectivity index (χ0) is 19.2. The Morgan fingerprint density at radius 3 is 2.41 bits per heavy atom. The molecule has 0 saturated heterocycles. The Hall–Kier alpha value is -3.55. The van der Waals surface area contributed by atoms with Crippen LogP contribution in [0.5, 0.6) is 5.75 Å². The summed E-state index contributed by atoms with van der Waals surface area (Å²) in [6, 6.07) is 10.0. The van der Waals surface area contributed by atoms with Crippen LogP contribution in [0.2, 0.25) is 0 Å². The van der Waals surface area contributed by atoms with E-state index in [-0.39, 0.29) is 17.2 Å². The molecule has 6 nitrogen and oxygen atoms in total. The Morgan fingerprint density at radius 2 is 1.78 bits per heavy atom. The van der Waals surface area contributed by atoms with Crippen molar-refractivity contribution < 1.29 is 18.3 Å². The molecule has 0 atom stereocenters. The molecule has 2 aromatic carbocycles. The molecule has 8 heteroatoms. The maximum atomic E-state index is 13.6. The van der Waals surface area contributed by atoms with Gasteiger partial charge < -0.3 is 15.4 Å². The first kappa shape index (κ1) is 18.2. The second-order valence-corrected chi connectivity index (χ2v) is 5.46. The molecule has 0 radical (unpaired) electrons. The SMILES string of the molecule is CCOc1ccc(NC(=O)c2cnc(Nc3ccc(F)cc3F)nc2)cc1. The number of anilines is 3. The highest BCUT2D eigenvalue weighted by molar-refractivity contribution is 6.03. The van der Waals surface area contributed by atoms with Gasteiger partial charge in [-0.1, -0.05) is 0 Å². The van der Waals surface area contributed by atoms with E-state index < -0.39 is 17.5 Å². The van der Waals surface area contributed by atoms with Gasteiger partial charge in [-0.25, -0.2) is 18.7 Å². The molecule has 0 aliphatic heterocycles. The first-order chi connectivity index (χ1) is 13.0. The maximum absolute atomic E-state index is 13.6. The molecule has 2 N–H and O–H groups in total. The van der Waals surface area contributed by atoms with Crippen molar-refractivity contribution in [1.29, 1.82) is 0 Å². The van der Waals surface area contributed by atoms with Gasteiger partial charge >= 0.3 is 0 Å². The molecule has 0 bridgehead atoms. The van der Waals surface area contributed by atoms with E-state index >= 15 is 0 Å². The molecule has 3 rings (SSSR count). The molecule has 0 spiro atoms. The van der Waals surface area contributed by atoms with Crippen molar-refractivity contribution in [3.05, 3.63) is 72.1 Å². The third kappa shape index (κ3) is 4.75. The van der Waals surface area contributed by atoms with Crippen molar-refractivity contribution in [1.82, 2.24) is 9.97 Å². The average Bonchev–Trinajstić information content (AvgIpc) is 2.66. The molecule has 1 aromatic heterocycles. The van der Waals surface area contributed by atoms with E-state index in [1.54, 1.807) is 24.3 Å². The van der Waals surface area contributed by atoms with Gasteiger partial charge in [0.15, 0.2) is 0 Å². The number of hydrogen-bond donors (Lipinski definition) is 2. The summed E-state index contributed by atoms with van der Waals surface area (Å²) in [5.74, 6) is -1.05. The summed E-state index contributed by atoms with van der Waals surface area (Å²) >= 11 is 0. The molecular formula is C19H16F2N4O2. The van der Waals surface area contributed by atoms with Gasteiger partial charge in [0.25, 0.3) is 5.91 Å². The fourth-order valence-electron chi connectivity index (χ4n) is 2.23. The smallest absolute Gasteiger partial charge is 0.258 e. The van der Waals surface area contributed by atoms with Crippen LogP contribution in [0.3, 0.4) is 0 Å². The van der Waals surface area contributed by atoms with Crippen LogP contribution in [0.15, 0.2) is 54.9 Å². The van der Waals surface area contributed by atoms with E-state index in [4.69, 9.17) is 4.74 Å². The lowest BCUT2D eigenvalue weighted by Crippen LogP contribution is -2.13. The van der Waals surface area contributed by atoms with E-state index in [1.807, 2.05) is 6.92 Å². The summed E-state index contributed by atoms with van der Waals surface area (Å²) in [7, 11) is 0. The average molecular weight is 370 g/mol. The summed E-state index contributed by atoms with van der Waals surface area (Å²) in [6.45, 7) is 2.45. The molecule has 0 aliphatic carbocycles. The van der Waals surface area contributed by atoms with Gasteiger partial charge in [-0.2, -0.15) is 0 Å². The number of amides is 1. The lowest BCUT2D eigenvalue weighted by molar-refractivity contribution is 0.102. The van der Waals surface area contributed by atoms with Crippen molar-refractivity contribution >= 4 is 23.2 Å². The van der Waals surface area contributed by atoms with Crippen LogP contribution in [-0.4, -0.2) is 22.5 Å². The van der Waals surface area contributed by atoms with Crippen LogP contribution in [0.4, 0.5) is 26.1 Å². The molecule has 0 aliphatic rings. The Labute approximate surface area is 154 Å². The van der Waals surface area contributed by atoms with Crippen molar-refractivity contribution in [2.24, 2.45) is 0 Å². The number of aromatic nitrogens is 2. The van der Waals surface area contributed by atoms with E-state index in [9.17, 15) is 13.6 Å². The number of carbonyl (C=O) groups excluding carboxylic acids is 1. The van der Waals surface area contributed by atoms with Crippen LogP contribution in [0.1, 0.15) is 17.3 Å². The highest BCUT2D eigenvalue weighted by Gasteiger charge is 2.10. The topological polar surface area (TPSA) is 76.1 Å². The minimum Gasteiger partial charge on any atom is -0.494 e. The molecule has 1 amide bonds. The van der Waals surface area contributed by atoms with Gasteiger partial charge in [0.2, 0.25) is 5.95 Å². The quantitative estimate of drug-likeness (QED) is 0.682. The number of carbonyl (C=O) groups is 1. The monoisotopic (exact) mass is 370 g/mol. The summed E-state index contributed by atoms with van der Waals surface area (Å²) in [4.78, 5) is 20.2. The van der Waals surface area contributed by atoms with E-state index in [0.717, 1.165) is 12.1 Å². The zero-order valence-electron chi connectivity index (χ0n) is 14.4. The van der Waals surface area contributed by atoms with Crippen LogP contribution in [0.25, 0.3) is 0 Å². The number of nitrogens with one attached hydrogen (secondary N) is 2. The lowest BCUT2D eigenvalue weighted by atomic mass is 10.2. The predicted molar refractivity (Wildman–Crippen MR) is 97.2 cm³/mol. The summed E-state index contributed by atoms with van der Waals surface area (Å²) in [5, 5.41) is 5.34. The van der Waals surface area contributed by atoms with Crippen molar-refractivity contribution in [2.45, 2.75) is 6.92 Å². The van der Waals surface area contributed by atoms with Crippen molar-refractivity contribution in [3.63, 3.8) is 0 Å². The second kappa shape index (κ2) is 8.22. The van der Waals surface area contributed by atoms with Crippen LogP contribution < -0.4 is 15.4 Å². The summed E-state index contributed by atoms with van der Waals surface area (Å²) in [6.07, 6.45) is 2.61. The number of ether oxygens (including phenoxy) is 1. The van der Waals surface area contributed by atoms with Gasteiger partial charge in [0.05, 0.1) is 17.9 Å². The first-order valence-corrected chi connectivity index (χ1v) is 8.13. The van der Waals surface area contributed by atoms with Crippen molar-refractivity contribution in [3.8, 4) is 5.75 Å². The zero-order valence-corrected chi connectivity index (χ0v) is 14.4. The Balaban J connectivity index is 1.64. The Kier molecular flexibility index (Phi) is 5.55. The predicted octanol–water partition coefficient (Wildman–Crippen LogP) is 4.15. The molecule has 138 valence electrons. The second-order valence-electron chi connectivity index (χ2n) is 5.46. The van der Waals surface area contributed by atoms with Gasteiger partial charge in [-0.15, -0.1) is 0 Å². The minimum absolute atomic E-state index is 0.0305.